The van der Waals surface area contributed by atoms with Gasteiger partial charge in [-0.25, -0.2) is 9.78 Å². The molecule has 1 saturated carbocycles. The molecule has 0 saturated heterocycles. The molecule has 1 fully saturated rings. The summed E-state index contributed by atoms with van der Waals surface area (Å²) < 4.78 is 0. The number of nitrogens with zero attached hydrogens (tertiary/aromatic N) is 3. The van der Waals surface area contributed by atoms with E-state index in [2.05, 4.69) is 34.9 Å². The van der Waals surface area contributed by atoms with E-state index in [0.717, 1.165) is 56.0 Å². The number of hydrogen-bond donors (Lipinski definition) is 3. The molecular weight excluding hydrogens is 420 g/mol. The highest BCUT2D eigenvalue weighted by Gasteiger charge is 2.24. The number of benzene rings is 1. The van der Waals surface area contributed by atoms with Crippen LogP contribution in [0.3, 0.4) is 0 Å². The van der Waals surface area contributed by atoms with Crippen LogP contribution in [0.15, 0.2) is 29.2 Å². The van der Waals surface area contributed by atoms with E-state index >= 15 is 0 Å². The highest BCUT2D eigenvalue weighted by Crippen LogP contribution is 2.29. The summed E-state index contributed by atoms with van der Waals surface area (Å²) in [6.07, 6.45) is 10.5. The Bertz CT molecular complexity index is 925. The third-order valence-electron chi connectivity index (χ3n) is 6.33. The molecule has 3 N–H and O–H groups in total. The van der Waals surface area contributed by atoms with Crippen molar-refractivity contribution in [3.8, 4) is 0 Å². The van der Waals surface area contributed by atoms with Gasteiger partial charge in [-0.05, 0) is 81.9 Å². The predicted molar refractivity (Wildman–Crippen MR) is 133 cm³/mol. The van der Waals surface area contributed by atoms with Crippen LogP contribution in [0.25, 0.3) is 0 Å². The van der Waals surface area contributed by atoms with E-state index in [1.165, 1.54) is 29.0 Å². The molecule has 2 aliphatic carbocycles. The molecule has 2 amide bonds. The van der Waals surface area contributed by atoms with E-state index in [1.807, 2.05) is 30.5 Å². The third-order valence-corrected chi connectivity index (χ3v) is 7.07. The summed E-state index contributed by atoms with van der Waals surface area (Å²) in [5.41, 5.74) is 3.33. The van der Waals surface area contributed by atoms with Gasteiger partial charge in [0.25, 0.3) is 0 Å². The second-order valence-corrected chi connectivity index (χ2v) is 9.80. The number of rotatable bonds is 6. The highest BCUT2D eigenvalue weighted by molar-refractivity contribution is 7.98. The second-order valence-electron chi connectivity index (χ2n) is 8.92. The summed E-state index contributed by atoms with van der Waals surface area (Å²) in [5.74, 6) is 1.80. The number of amides is 2. The Morgan fingerprint density at radius 1 is 1.00 bits per heavy atom. The van der Waals surface area contributed by atoms with Gasteiger partial charge in [-0.1, -0.05) is 0 Å². The molecule has 0 aliphatic heterocycles. The predicted octanol–water partition coefficient (Wildman–Crippen LogP) is 4.69. The number of anilines is 3. The Hall–Kier alpha value is -2.48. The summed E-state index contributed by atoms with van der Waals surface area (Å²) in [6.45, 7) is 0. The second kappa shape index (κ2) is 10.4. The monoisotopic (exact) mass is 454 g/mol. The van der Waals surface area contributed by atoms with Crippen molar-refractivity contribution in [3.05, 3.63) is 35.5 Å². The van der Waals surface area contributed by atoms with Crippen molar-refractivity contribution in [3.63, 3.8) is 0 Å². The summed E-state index contributed by atoms with van der Waals surface area (Å²) in [4.78, 5) is 25.3. The Labute approximate surface area is 195 Å². The van der Waals surface area contributed by atoms with Gasteiger partial charge in [0.05, 0.1) is 5.69 Å². The molecule has 4 rings (SSSR count). The normalized spacial score (nSPS) is 20.2. The van der Waals surface area contributed by atoms with Crippen molar-refractivity contribution in [1.82, 2.24) is 15.3 Å². The van der Waals surface area contributed by atoms with E-state index in [-0.39, 0.29) is 12.1 Å². The summed E-state index contributed by atoms with van der Waals surface area (Å²) in [6, 6.07) is 8.31. The van der Waals surface area contributed by atoms with Crippen LogP contribution in [0, 0.1) is 0 Å². The molecule has 0 unspecified atom stereocenters. The van der Waals surface area contributed by atoms with Crippen LogP contribution in [-0.4, -0.2) is 48.4 Å². The minimum atomic E-state index is -0.132. The fourth-order valence-corrected chi connectivity index (χ4v) is 5.01. The lowest BCUT2D eigenvalue weighted by Gasteiger charge is -2.30. The minimum Gasteiger partial charge on any atom is -0.362 e. The first-order valence-corrected chi connectivity index (χ1v) is 12.8. The first kappa shape index (κ1) is 22.7. The van der Waals surface area contributed by atoms with Crippen LogP contribution < -0.4 is 20.9 Å². The first-order valence-electron chi connectivity index (χ1n) is 11.6. The van der Waals surface area contributed by atoms with Gasteiger partial charge in [0.2, 0.25) is 5.95 Å². The average molecular weight is 455 g/mol. The lowest BCUT2D eigenvalue weighted by Crippen LogP contribution is -2.42. The maximum Gasteiger partial charge on any atom is 0.319 e. The van der Waals surface area contributed by atoms with E-state index < -0.39 is 0 Å². The van der Waals surface area contributed by atoms with Crippen LogP contribution in [0.5, 0.6) is 0 Å². The van der Waals surface area contributed by atoms with Gasteiger partial charge >= 0.3 is 6.03 Å². The average Bonchev–Trinajstić information content (AvgIpc) is 2.80. The number of urea groups is 1. The minimum absolute atomic E-state index is 0.132. The summed E-state index contributed by atoms with van der Waals surface area (Å²) in [5, 5.41) is 9.63. The topological polar surface area (TPSA) is 82.2 Å². The number of nitrogens with one attached hydrogen (secondary N) is 3. The van der Waals surface area contributed by atoms with Gasteiger partial charge < -0.3 is 20.9 Å². The van der Waals surface area contributed by atoms with Crippen molar-refractivity contribution in [2.24, 2.45) is 0 Å². The molecule has 0 bridgehead atoms. The van der Waals surface area contributed by atoms with Gasteiger partial charge in [-0.15, -0.1) is 11.8 Å². The van der Waals surface area contributed by atoms with E-state index in [1.54, 1.807) is 11.8 Å². The molecule has 32 heavy (non-hydrogen) atoms. The smallest absolute Gasteiger partial charge is 0.319 e. The van der Waals surface area contributed by atoms with Crippen LogP contribution >= 0.6 is 11.8 Å². The van der Waals surface area contributed by atoms with E-state index in [4.69, 9.17) is 9.97 Å². The number of aromatic nitrogens is 2. The zero-order valence-electron chi connectivity index (χ0n) is 19.3. The van der Waals surface area contributed by atoms with Gasteiger partial charge in [0, 0.05) is 42.3 Å². The van der Waals surface area contributed by atoms with Gasteiger partial charge in [0.15, 0.2) is 0 Å². The zero-order valence-corrected chi connectivity index (χ0v) is 20.1. The third kappa shape index (κ3) is 5.65. The Morgan fingerprint density at radius 2 is 1.69 bits per heavy atom. The maximum absolute atomic E-state index is 12.4. The van der Waals surface area contributed by atoms with Crippen LogP contribution in [-0.2, 0) is 12.8 Å². The van der Waals surface area contributed by atoms with Gasteiger partial charge in [-0.3, -0.25) is 0 Å². The molecular formula is C24H34N6OS. The first-order chi connectivity index (χ1) is 15.5. The SMILES string of the molecule is CSc1ccc(NC(=O)N[C@H]2CC[C@@H](Nc3nc4c(c(N(C)C)n3)CCCC4)CC2)cc1. The Kier molecular flexibility index (Phi) is 7.40. The molecule has 2 aromatic rings. The Morgan fingerprint density at radius 3 is 2.38 bits per heavy atom. The lowest BCUT2D eigenvalue weighted by molar-refractivity contribution is 0.243. The molecule has 2 aliphatic rings. The number of fused-ring (bicyclic) bond motifs is 1. The van der Waals surface area contributed by atoms with Gasteiger partial charge in [0.1, 0.15) is 5.82 Å². The molecule has 0 radical (unpaired) electrons. The fourth-order valence-electron chi connectivity index (χ4n) is 4.60. The fraction of sp³-hybridized carbons (Fsp3) is 0.542. The molecule has 1 aromatic heterocycles. The zero-order chi connectivity index (χ0) is 22.5. The summed E-state index contributed by atoms with van der Waals surface area (Å²) in [7, 11) is 4.11. The Balaban J connectivity index is 1.28. The quantitative estimate of drug-likeness (QED) is 0.550. The number of thioether (sulfide) groups is 1. The van der Waals surface area contributed by atoms with Crippen LogP contribution in [0.4, 0.5) is 22.2 Å². The van der Waals surface area contributed by atoms with Crippen LogP contribution in [0.1, 0.15) is 49.8 Å². The largest absolute Gasteiger partial charge is 0.362 e. The lowest BCUT2D eigenvalue weighted by atomic mass is 9.91. The number of carbonyl (C=O) groups is 1. The van der Waals surface area contributed by atoms with Crippen molar-refractivity contribution < 1.29 is 4.79 Å². The van der Waals surface area contributed by atoms with Gasteiger partial charge in [-0.2, -0.15) is 4.98 Å². The molecule has 7 nitrogen and oxygen atoms in total. The molecule has 0 atom stereocenters. The van der Waals surface area contributed by atoms with Crippen molar-refractivity contribution in [2.75, 3.05) is 35.9 Å². The standard InChI is InChI=1S/C24H34N6OS/c1-30(2)22-20-6-4-5-7-21(20)28-23(29-22)25-16-8-10-17(11-9-16)26-24(31)27-18-12-14-19(32-3)15-13-18/h12-17H,4-11H2,1-3H3,(H,25,28,29)(H2,26,27,31)/t16-,17+. The molecule has 8 heteroatoms. The van der Waals surface area contributed by atoms with Crippen molar-refractivity contribution >= 4 is 35.2 Å². The van der Waals surface area contributed by atoms with Crippen molar-refractivity contribution in [1.29, 1.82) is 0 Å². The number of hydrogen-bond acceptors (Lipinski definition) is 6. The van der Waals surface area contributed by atoms with E-state index in [9.17, 15) is 4.79 Å². The summed E-state index contributed by atoms with van der Waals surface area (Å²) >= 11 is 1.69. The molecule has 1 aromatic carbocycles. The maximum atomic E-state index is 12.4. The van der Waals surface area contributed by atoms with E-state index in [0.29, 0.717) is 6.04 Å². The number of aryl methyl sites for hydroxylation is 1. The molecule has 172 valence electrons. The van der Waals surface area contributed by atoms with Crippen molar-refractivity contribution in [2.45, 2.75) is 68.3 Å². The highest BCUT2D eigenvalue weighted by atomic mass is 32.2. The molecule has 1 heterocycles. The molecule has 0 spiro atoms. The number of carbonyl (C=O) groups excluding carboxylic acids is 1. The van der Waals surface area contributed by atoms with Crippen LogP contribution in [0.2, 0.25) is 0 Å².